The standard InChI is InChI=1S/C20H16F2N4O2/c1-24-6-8-25(9-7-24)17-13(21)10-12-16(15(17)22)26-19(18(12)27)23-14-5-3-2-4-11(14)20(26)28/h2-5,10H,6-9H2,1H3. The van der Waals surface area contributed by atoms with Gasteiger partial charge in [0.2, 0.25) is 5.78 Å². The van der Waals surface area contributed by atoms with Gasteiger partial charge in [0, 0.05) is 26.2 Å². The monoisotopic (exact) mass is 382 g/mol. The molecule has 8 heteroatoms. The number of para-hydroxylation sites is 1. The first-order valence-electron chi connectivity index (χ1n) is 8.99. The van der Waals surface area contributed by atoms with Gasteiger partial charge in [-0.2, -0.15) is 0 Å². The first-order valence-corrected chi connectivity index (χ1v) is 8.99. The molecule has 2 aliphatic heterocycles. The van der Waals surface area contributed by atoms with Gasteiger partial charge in [-0.3, -0.25) is 14.2 Å². The highest BCUT2D eigenvalue weighted by molar-refractivity contribution is 6.13. The molecule has 1 aromatic heterocycles. The van der Waals surface area contributed by atoms with Crippen molar-refractivity contribution in [2.75, 3.05) is 38.1 Å². The first kappa shape index (κ1) is 17.0. The smallest absolute Gasteiger partial charge is 0.266 e. The van der Waals surface area contributed by atoms with Crippen LogP contribution in [-0.2, 0) is 0 Å². The average Bonchev–Trinajstić information content (AvgIpc) is 2.96. The number of rotatable bonds is 1. The summed E-state index contributed by atoms with van der Waals surface area (Å²) < 4.78 is 31.3. The summed E-state index contributed by atoms with van der Waals surface area (Å²) >= 11 is 0. The highest BCUT2D eigenvalue weighted by Crippen LogP contribution is 2.36. The minimum Gasteiger partial charge on any atom is -0.364 e. The number of aromatic nitrogens is 2. The molecule has 1 saturated heterocycles. The Morgan fingerprint density at radius 2 is 1.71 bits per heavy atom. The maximum Gasteiger partial charge on any atom is 0.266 e. The second-order valence-electron chi connectivity index (χ2n) is 7.13. The van der Waals surface area contributed by atoms with Crippen molar-refractivity contribution in [2.45, 2.75) is 0 Å². The molecule has 2 aromatic carbocycles. The van der Waals surface area contributed by atoms with E-state index >= 15 is 4.39 Å². The Morgan fingerprint density at radius 1 is 1.00 bits per heavy atom. The summed E-state index contributed by atoms with van der Waals surface area (Å²) in [7, 11) is 1.94. The lowest BCUT2D eigenvalue weighted by molar-refractivity contribution is 0.103. The minimum atomic E-state index is -0.897. The summed E-state index contributed by atoms with van der Waals surface area (Å²) in [6.07, 6.45) is 0. The van der Waals surface area contributed by atoms with E-state index in [1.165, 1.54) is 0 Å². The second kappa shape index (κ2) is 5.93. The molecular weight excluding hydrogens is 366 g/mol. The van der Waals surface area contributed by atoms with Crippen molar-refractivity contribution in [2.24, 2.45) is 0 Å². The van der Waals surface area contributed by atoms with Crippen molar-refractivity contribution in [1.29, 1.82) is 0 Å². The number of piperazine rings is 1. The summed E-state index contributed by atoms with van der Waals surface area (Å²) in [4.78, 5) is 33.7. The number of hydrogen-bond donors (Lipinski definition) is 0. The Kier molecular flexibility index (Phi) is 3.60. The zero-order valence-corrected chi connectivity index (χ0v) is 15.1. The third-order valence-electron chi connectivity index (χ3n) is 5.43. The van der Waals surface area contributed by atoms with Gasteiger partial charge in [-0.25, -0.2) is 13.8 Å². The van der Waals surface area contributed by atoms with Gasteiger partial charge in [-0.05, 0) is 25.2 Å². The van der Waals surface area contributed by atoms with E-state index in [0.717, 1.165) is 10.6 Å². The highest BCUT2D eigenvalue weighted by Gasteiger charge is 2.36. The molecule has 0 saturated carbocycles. The van der Waals surface area contributed by atoms with Crippen LogP contribution in [0.5, 0.6) is 0 Å². The van der Waals surface area contributed by atoms with Gasteiger partial charge in [-0.1, -0.05) is 12.1 Å². The second-order valence-corrected chi connectivity index (χ2v) is 7.13. The van der Waals surface area contributed by atoms with Crippen molar-refractivity contribution < 1.29 is 13.6 Å². The number of ketones is 1. The number of likely N-dealkylation sites (N-methyl/N-ethyl adjacent to an activating group) is 1. The van der Waals surface area contributed by atoms with Crippen molar-refractivity contribution in [3.8, 4) is 5.69 Å². The van der Waals surface area contributed by atoms with Crippen LogP contribution in [-0.4, -0.2) is 53.5 Å². The molecule has 0 atom stereocenters. The Morgan fingerprint density at radius 3 is 2.46 bits per heavy atom. The number of hydrogen-bond acceptors (Lipinski definition) is 5. The van der Waals surface area contributed by atoms with Crippen LogP contribution in [0.2, 0.25) is 0 Å². The largest absolute Gasteiger partial charge is 0.364 e. The lowest BCUT2D eigenvalue weighted by Crippen LogP contribution is -2.45. The molecule has 0 radical (unpaired) electrons. The lowest BCUT2D eigenvalue weighted by atomic mass is 10.1. The van der Waals surface area contributed by atoms with Gasteiger partial charge in [0.25, 0.3) is 5.56 Å². The minimum absolute atomic E-state index is 0.173. The third kappa shape index (κ3) is 2.24. The summed E-state index contributed by atoms with van der Waals surface area (Å²) in [5, 5.41) is 0.275. The normalized spacial score (nSPS) is 16.5. The van der Waals surface area contributed by atoms with Crippen molar-refractivity contribution in [1.82, 2.24) is 14.5 Å². The molecule has 0 N–H and O–H groups in total. The number of fused-ring (bicyclic) bond motifs is 4. The molecular formula is C20H16F2N4O2. The van der Waals surface area contributed by atoms with Gasteiger partial charge < -0.3 is 9.80 Å². The highest BCUT2D eigenvalue weighted by atomic mass is 19.1. The van der Waals surface area contributed by atoms with E-state index in [1.807, 2.05) is 7.05 Å². The lowest BCUT2D eigenvalue weighted by Gasteiger charge is -2.34. The Balaban J connectivity index is 1.78. The molecule has 0 aliphatic carbocycles. The van der Waals surface area contributed by atoms with E-state index in [-0.39, 0.29) is 28.1 Å². The van der Waals surface area contributed by atoms with Crippen LogP contribution in [0.15, 0.2) is 35.1 Å². The zero-order chi connectivity index (χ0) is 19.6. The van der Waals surface area contributed by atoms with Crippen LogP contribution in [0.1, 0.15) is 16.2 Å². The van der Waals surface area contributed by atoms with E-state index < -0.39 is 23.0 Å². The molecule has 0 unspecified atom stereocenters. The number of halogens is 2. The van der Waals surface area contributed by atoms with Crippen molar-refractivity contribution in [3.05, 3.63) is 63.7 Å². The number of nitrogens with zero attached hydrogens (tertiary/aromatic N) is 4. The fraction of sp³-hybridized carbons (Fsp3) is 0.250. The molecule has 6 nitrogen and oxygen atoms in total. The van der Waals surface area contributed by atoms with Crippen LogP contribution in [0, 0.1) is 11.6 Å². The van der Waals surface area contributed by atoms with Crippen LogP contribution in [0.25, 0.3) is 16.6 Å². The fourth-order valence-electron chi connectivity index (χ4n) is 3.92. The molecule has 1 fully saturated rings. The van der Waals surface area contributed by atoms with Crippen LogP contribution in [0.4, 0.5) is 14.5 Å². The van der Waals surface area contributed by atoms with Crippen molar-refractivity contribution in [3.63, 3.8) is 0 Å². The van der Waals surface area contributed by atoms with Gasteiger partial charge >= 0.3 is 0 Å². The average molecular weight is 382 g/mol. The molecule has 0 spiro atoms. The Hall–Kier alpha value is -3.13. The van der Waals surface area contributed by atoms with E-state index in [1.54, 1.807) is 29.2 Å². The van der Waals surface area contributed by atoms with Crippen molar-refractivity contribution >= 4 is 22.4 Å². The maximum atomic E-state index is 15.5. The topological polar surface area (TPSA) is 58.4 Å². The number of carbonyl (C=O) groups is 1. The van der Waals surface area contributed by atoms with Gasteiger partial charge in [0.15, 0.2) is 11.6 Å². The van der Waals surface area contributed by atoms with E-state index in [9.17, 15) is 14.0 Å². The van der Waals surface area contributed by atoms with Crippen LogP contribution < -0.4 is 10.5 Å². The molecule has 3 heterocycles. The van der Waals surface area contributed by atoms with Gasteiger partial charge in [0.1, 0.15) is 17.2 Å². The SMILES string of the molecule is CN1CCN(c2c(F)cc3c(c2F)-n2c(nc4ccccc4c2=O)C3=O)CC1. The summed E-state index contributed by atoms with van der Waals surface area (Å²) in [6.45, 7) is 2.23. The number of anilines is 1. The molecule has 2 aliphatic rings. The number of benzene rings is 2. The quantitative estimate of drug-likeness (QED) is 0.504. The summed E-state index contributed by atoms with van der Waals surface area (Å²) in [5.74, 6) is -2.54. The van der Waals surface area contributed by atoms with E-state index in [2.05, 4.69) is 9.88 Å². The molecule has 0 amide bonds. The predicted molar refractivity (Wildman–Crippen MR) is 100 cm³/mol. The summed E-state index contributed by atoms with van der Waals surface area (Å²) in [5.41, 5.74) is -0.776. The van der Waals surface area contributed by atoms with E-state index in [0.29, 0.717) is 31.7 Å². The van der Waals surface area contributed by atoms with E-state index in [4.69, 9.17) is 0 Å². The zero-order valence-electron chi connectivity index (χ0n) is 15.1. The predicted octanol–water partition coefficient (Wildman–Crippen LogP) is 1.96. The van der Waals surface area contributed by atoms with Crippen LogP contribution in [0.3, 0.4) is 0 Å². The molecule has 0 bridgehead atoms. The molecule has 3 aromatic rings. The van der Waals surface area contributed by atoms with Gasteiger partial charge in [-0.15, -0.1) is 0 Å². The fourth-order valence-corrected chi connectivity index (χ4v) is 3.92. The first-order chi connectivity index (χ1) is 13.5. The molecule has 142 valence electrons. The summed E-state index contributed by atoms with van der Waals surface area (Å²) in [6, 6.07) is 7.58. The molecule has 28 heavy (non-hydrogen) atoms. The van der Waals surface area contributed by atoms with Gasteiger partial charge in [0.05, 0.1) is 16.5 Å². The number of carbonyl (C=O) groups excluding carboxylic acids is 1. The van der Waals surface area contributed by atoms with Crippen LogP contribution >= 0.6 is 0 Å². The maximum absolute atomic E-state index is 15.5. The third-order valence-corrected chi connectivity index (χ3v) is 5.43. The Bertz CT molecular complexity index is 1210. The Labute approximate surface area is 158 Å². The molecule has 5 rings (SSSR count).